The van der Waals surface area contributed by atoms with E-state index in [0.29, 0.717) is 28.0 Å². The molecule has 0 N–H and O–H groups in total. The summed E-state index contributed by atoms with van der Waals surface area (Å²) in [6.45, 7) is 0. The van der Waals surface area contributed by atoms with E-state index in [-0.39, 0.29) is 16.5 Å². The summed E-state index contributed by atoms with van der Waals surface area (Å²) >= 11 is 12.4. The van der Waals surface area contributed by atoms with Gasteiger partial charge in [-0.15, -0.1) is 11.6 Å². The van der Waals surface area contributed by atoms with Gasteiger partial charge in [-0.2, -0.15) is 0 Å². The van der Waals surface area contributed by atoms with Crippen molar-refractivity contribution in [1.82, 2.24) is 15.0 Å². The van der Waals surface area contributed by atoms with Crippen molar-refractivity contribution in [2.45, 2.75) is 18.2 Å². The Morgan fingerprint density at radius 2 is 2.05 bits per heavy atom. The van der Waals surface area contributed by atoms with E-state index in [0.717, 1.165) is 6.42 Å². The second-order valence-electron chi connectivity index (χ2n) is 4.65. The molecular formula is C14H11Cl2FN3P. The molecule has 0 radical (unpaired) electrons. The number of nitrogens with zero attached hydrogens (tertiary/aromatic N) is 3. The zero-order valence-electron chi connectivity index (χ0n) is 10.9. The van der Waals surface area contributed by atoms with Crippen molar-refractivity contribution in [3.8, 4) is 0 Å². The molecule has 2 unspecified atom stereocenters. The first kappa shape index (κ1) is 14.8. The quantitative estimate of drug-likeness (QED) is 0.587. The van der Waals surface area contributed by atoms with Gasteiger partial charge in [-0.1, -0.05) is 33.0 Å². The number of alkyl halides is 1. The first-order valence-electron chi connectivity index (χ1n) is 6.35. The van der Waals surface area contributed by atoms with Crippen molar-refractivity contribution in [3.05, 3.63) is 41.0 Å². The Morgan fingerprint density at radius 3 is 2.86 bits per heavy atom. The minimum Gasteiger partial charge on any atom is -0.248 e. The molecule has 2 heterocycles. The van der Waals surface area contributed by atoms with Gasteiger partial charge < -0.3 is 0 Å². The minimum atomic E-state index is -0.469. The summed E-state index contributed by atoms with van der Waals surface area (Å²) in [6.07, 6.45) is 7.80. The summed E-state index contributed by atoms with van der Waals surface area (Å²) in [5.41, 5.74) is 1.79. The zero-order valence-corrected chi connectivity index (χ0v) is 13.5. The predicted octanol–water partition coefficient (Wildman–Crippen LogP) is 3.57. The molecule has 1 aliphatic carbocycles. The SMILES string of the molecule is Fc1c(C2=C(Cl)CCC(Cl)C=C2)c(P)nc2nccnc12. The van der Waals surface area contributed by atoms with Crippen molar-refractivity contribution in [2.24, 2.45) is 0 Å². The van der Waals surface area contributed by atoms with Crippen molar-refractivity contribution in [3.63, 3.8) is 0 Å². The Kier molecular flexibility index (Phi) is 4.21. The molecule has 2 aromatic rings. The maximum atomic E-state index is 14.8. The Balaban J connectivity index is 2.27. The van der Waals surface area contributed by atoms with Crippen LogP contribution in [0.3, 0.4) is 0 Å². The van der Waals surface area contributed by atoms with Crippen LogP contribution in [0.5, 0.6) is 0 Å². The molecule has 0 bridgehead atoms. The molecule has 0 saturated heterocycles. The van der Waals surface area contributed by atoms with E-state index in [1.807, 2.05) is 6.08 Å². The fourth-order valence-corrected chi connectivity index (χ4v) is 3.08. The average Bonchev–Trinajstić information content (AvgIpc) is 2.63. The fourth-order valence-electron chi connectivity index (χ4n) is 2.23. The maximum Gasteiger partial charge on any atom is 0.181 e. The molecule has 7 heteroatoms. The smallest absolute Gasteiger partial charge is 0.181 e. The third-order valence-electron chi connectivity index (χ3n) is 3.26. The number of pyridine rings is 1. The van der Waals surface area contributed by atoms with E-state index in [2.05, 4.69) is 24.2 Å². The summed E-state index contributed by atoms with van der Waals surface area (Å²) in [4.78, 5) is 12.3. The van der Waals surface area contributed by atoms with Crippen LogP contribution < -0.4 is 5.44 Å². The van der Waals surface area contributed by atoms with Crippen molar-refractivity contribution in [1.29, 1.82) is 0 Å². The topological polar surface area (TPSA) is 38.7 Å². The zero-order chi connectivity index (χ0) is 15.0. The van der Waals surface area contributed by atoms with Crippen molar-refractivity contribution < 1.29 is 4.39 Å². The van der Waals surface area contributed by atoms with Crippen LogP contribution in [0.15, 0.2) is 29.6 Å². The van der Waals surface area contributed by atoms with Crippen molar-refractivity contribution >= 4 is 54.6 Å². The van der Waals surface area contributed by atoms with Gasteiger partial charge in [0.25, 0.3) is 0 Å². The number of rotatable bonds is 1. The lowest BCUT2D eigenvalue weighted by atomic mass is 10.1. The molecular weight excluding hydrogens is 331 g/mol. The standard InChI is InChI=1S/C14H11Cl2FN3P/c15-7-1-3-8(9(16)4-2-7)10-11(17)12-13(20-14(10)21)19-6-5-18-12/h1,3,5-7H,2,4,21H2. The first-order valence-corrected chi connectivity index (χ1v) is 7.74. The van der Waals surface area contributed by atoms with Crippen LogP contribution in [0, 0.1) is 5.82 Å². The lowest BCUT2D eigenvalue weighted by Gasteiger charge is -2.11. The van der Waals surface area contributed by atoms with Crippen LogP contribution in [0.25, 0.3) is 16.7 Å². The van der Waals surface area contributed by atoms with E-state index in [1.54, 1.807) is 6.08 Å². The summed E-state index contributed by atoms with van der Waals surface area (Å²) in [6, 6.07) is 0. The summed E-state index contributed by atoms with van der Waals surface area (Å²) in [5, 5.41) is 0.461. The summed E-state index contributed by atoms with van der Waals surface area (Å²) in [7, 11) is 2.43. The monoisotopic (exact) mass is 341 g/mol. The molecule has 0 saturated carbocycles. The Labute approximate surface area is 133 Å². The largest absolute Gasteiger partial charge is 0.248 e. The van der Waals surface area contributed by atoms with Crippen LogP contribution in [0.4, 0.5) is 4.39 Å². The van der Waals surface area contributed by atoms with Gasteiger partial charge in [-0.25, -0.2) is 19.3 Å². The molecule has 3 nitrogen and oxygen atoms in total. The van der Waals surface area contributed by atoms with Gasteiger partial charge in [-0.3, -0.25) is 0 Å². The molecule has 21 heavy (non-hydrogen) atoms. The molecule has 2 atom stereocenters. The second kappa shape index (κ2) is 5.96. The van der Waals surface area contributed by atoms with Crippen LogP contribution in [-0.4, -0.2) is 20.3 Å². The molecule has 0 aliphatic heterocycles. The Hall–Kier alpha value is -1.09. The number of allylic oxidation sites excluding steroid dienone is 4. The predicted molar refractivity (Wildman–Crippen MR) is 87.4 cm³/mol. The second-order valence-corrected chi connectivity index (χ2v) is 6.21. The molecule has 2 aromatic heterocycles. The molecule has 3 rings (SSSR count). The van der Waals surface area contributed by atoms with Crippen molar-refractivity contribution in [2.75, 3.05) is 0 Å². The molecule has 1 aliphatic rings. The number of halogens is 3. The third-order valence-corrected chi connectivity index (χ3v) is 4.44. The van der Waals surface area contributed by atoms with Gasteiger partial charge in [0.2, 0.25) is 0 Å². The summed E-state index contributed by atoms with van der Waals surface area (Å²) in [5.74, 6) is -0.469. The van der Waals surface area contributed by atoms with Crippen LogP contribution in [0.2, 0.25) is 0 Å². The number of hydrogen-bond donors (Lipinski definition) is 0. The van der Waals surface area contributed by atoms with E-state index >= 15 is 0 Å². The van der Waals surface area contributed by atoms with Gasteiger partial charge in [-0.05, 0) is 12.8 Å². The van der Waals surface area contributed by atoms with E-state index in [9.17, 15) is 4.39 Å². The summed E-state index contributed by atoms with van der Waals surface area (Å²) < 4.78 is 14.8. The molecule has 0 spiro atoms. The van der Waals surface area contributed by atoms with Crippen LogP contribution >= 0.6 is 32.4 Å². The maximum absolute atomic E-state index is 14.8. The number of fused-ring (bicyclic) bond motifs is 1. The van der Waals surface area contributed by atoms with E-state index < -0.39 is 5.82 Å². The number of hydrogen-bond acceptors (Lipinski definition) is 3. The highest BCUT2D eigenvalue weighted by atomic mass is 35.5. The third kappa shape index (κ3) is 2.80. The Morgan fingerprint density at radius 1 is 1.29 bits per heavy atom. The highest BCUT2D eigenvalue weighted by molar-refractivity contribution is 7.27. The normalized spacial score (nSPS) is 19.1. The van der Waals surface area contributed by atoms with Crippen LogP contribution in [0.1, 0.15) is 18.4 Å². The Bertz CT molecular complexity index is 776. The van der Waals surface area contributed by atoms with Crippen LogP contribution in [-0.2, 0) is 0 Å². The molecule has 108 valence electrons. The van der Waals surface area contributed by atoms with E-state index in [4.69, 9.17) is 23.2 Å². The first-order chi connectivity index (χ1) is 10.1. The highest BCUT2D eigenvalue weighted by Gasteiger charge is 2.21. The lowest BCUT2D eigenvalue weighted by Crippen LogP contribution is -2.11. The fraction of sp³-hybridized carbons (Fsp3) is 0.214. The van der Waals surface area contributed by atoms with Gasteiger partial charge in [0.15, 0.2) is 11.5 Å². The van der Waals surface area contributed by atoms with Gasteiger partial charge >= 0.3 is 0 Å². The minimum absolute atomic E-state index is 0.111. The molecule has 0 amide bonds. The average molecular weight is 342 g/mol. The highest BCUT2D eigenvalue weighted by Crippen LogP contribution is 2.32. The number of aromatic nitrogens is 3. The van der Waals surface area contributed by atoms with Gasteiger partial charge in [0.1, 0.15) is 5.52 Å². The van der Waals surface area contributed by atoms with Gasteiger partial charge in [0, 0.05) is 28.6 Å². The molecule has 0 fully saturated rings. The van der Waals surface area contributed by atoms with E-state index in [1.165, 1.54) is 12.4 Å². The lowest BCUT2D eigenvalue weighted by molar-refractivity contribution is 0.632. The van der Waals surface area contributed by atoms with Gasteiger partial charge in [0.05, 0.1) is 10.8 Å². The molecule has 0 aromatic carbocycles.